The predicted molar refractivity (Wildman–Crippen MR) is 132 cm³/mol. The highest BCUT2D eigenvalue weighted by Gasteiger charge is 2.28. The molecule has 2 aromatic heterocycles. The second-order valence-electron chi connectivity index (χ2n) is 8.99. The van der Waals surface area contributed by atoms with Crippen molar-refractivity contribution in [2.75, 3.05) is 45.8 Å². The van der Waals surface area contributed by atoms with Crippen LogP contribution in [0.4, 0.5) is 4.39 Å². The molecular formula is C25H29FN6O2S. The van der Waals surface area contributed by atoms with Crippen molar-refractivity contribution >= 4 is 23.2 Å². The number of rotatable bonds is 5. The van der Waals surface area contributed by atoms with Gasteiger partial charge in [0.15, 0.2) is 5.82 Å². The number of carbonyl (C=O) groups excluding carboxylic acids is 2. The fraction of sp³-hybridized carbons (Fsp3) is 0.440. The summed E-state index contributed by atoms with van der Waals surface area (Å²) in [7, 11) is 0. The monoisotopic (exact) mass is 496 g/mol. The lowest BCUT2D eigenvalue weighted by Crippen LogP contribution is -2.51. The quantitative estimate of drug-likeness (QED) is 0.542. The van der Waals surface area contributed by atoms with Crippen molar-refractivity contribution in [3.63, 3.8) is 0 Å². The first-order valence-corrected chi connectivity index (χ1v) is 13.0. The first kappa shape index (κ1) is 23.6. The molecule has 5 rings (SSSR count). The average Bonchev–Trinajstić information content (AvgIpc) is 3.48. The van der Waals surface area contributed by atoms with Gasteiger partial charge in [-0.2, -0.15) is 0 Å². The molecular weight excluding hydrogens is 467 g/mol. The van der Waals surface area contributed by atoms with Crippen LogP contribution in [0.5, 0.6) is 0 Å². The molecule has 10 heteroatoms. The number of likely N-dealkylation sites (tertiary alicyclic amines) is 1. The van der Waals surface area contributed by atoms with E-state index in [1.807, 2.05) is 22.4 Å². The first-order valence-electron chi connectivity index (χ1n) is 12.1. The van der Waals surface area contributed by atoms with Crippen molar-refractivity contribution < 1.29 is 14.0 Å². The average molecular weight is 497 g/mol. The molecule has 3 aromatic rings. The third-order valence-corrected chi connectivity index (χ3v) is 7.45. The Hall–Kier alpha value is -3.11. The molecule has 0 saturated carbocycles. The number of benzene rings is 1. The van der Waals surface area contributed by atoms with E-state index in [0.717, 1.165) is 30.8 Å². The zero-order valence-corrected chi connectivity index (χ0v) is 20.4. The molecule has 2 aliphatic rings. The van der Waals surface area contributed by atoms with Crippen LogP contribution in [0.1, 0.15) is 36.3 Å². The summed E-state index contributed by atoms with van der Waals surface area (Å²) < 4.78 is 15.0. The van der Waals surface area contributed by atoms with Gasteiger partial charge in [-0.05, 0) is 48.6 Å². The van der Waals surface area contributed by atoms with Gasteiger partial charge in [0, 0.05) is 39.3 Å². The molecule has 2 saturated heterocycles. The Morgan fingerprint density at radius 1 is 0.886 bits per heavy atom. The van der Waals surface area contributed by atoms with E-state index in [9.17, 15) is 14.0 Å². The van der Waals surface area contributed by atoms with E-state index in [2.05, 4.69) is 15.0 Å². The van der Waals surface area contributed by atoms with Crippen LogP contribution in [0.25, 0.3) is 16.4 Å². The molecule has 184 valence electrons. The lowest BCUT2D eigenvalue weighted by molar-refractivity contribution is -0.132. The minimum atomic E-state index is -0.338. The standard InChI is InChI=1S/C25H29FN6O2S/c26-19-7-9-20(10-8-19)32-24(21-6-5-17-35-21)27-23(28-32)25(34)31-15-13-29(14-16-31)18-22(33)30-11-3-1-2-4-12-30/h5-10,17H,1-4,11-16,18H2. The topological polar surface area (TPSA) is 74.6 Å². The molecule has 0 radical (unpaired) electrons. The maximum absolute atomic E-state index is 13.5. The third kappa shape index (κ3) is 5.43. The van der Waals surface area contributed by atoms with E-state index >= 15 is 0 Å². The van der Waals surface area contributed by atoms with Gasteiger partial charge >= 0.3 is 0 Å². The Morgan fingerprint density at radius 2 is 1.60 bits per heavy atom. The molecule has 0 atom stereocenters. The highest BCUT2D eigenvalue weighted by molar-refractivity contribution is 7.13. The van der Waals surface area contributed by atoms with Crippen LogP contribution >= 0.6 is 11.3 Å². The molecule has 1 aromatic carbocycles. The van der Waals surface area contributed by atoms with Gasteiger partial charge in [-0.3, -0.25) is 14.5 Å². The third-order valence-electron chi connectivity index (χ3n) is 6.59. The number of piperazine rings is 1. The number of aromatic nitrogens is 3. The van der Waals surface area contributed by atoms with Crippen molar-refractivity contribution in [1.29, 1.82) is 0 Å². The molecule has 2 amide bonds. The highest BCUT2D eigenvalue weighted by Crippen LogP contribution is 2.26. The summed E-state index contributed by atoms with van der Waals surface area (Å²) in [6, 6.07) is 9.80. The molecule has 2 aliphatic heterocycles. The Bertz CT molecular complexity index is 1150. The van der Waals surface area contributed by atoms with E-state index in [1.165, 1.54) is 36.3 Å². The second kappa shape index (κ2) is 10.7. The summed E-state index contributed by atoms with van der Waals surface area (Å²) in [6.07, 6.45) is 4.56. The summed E-state index contributed by atoms with van der Waals surface area (Å²) in [6.45, 7) is 4.43. The van der Waals surface area contributed by atoms with Gasteiger partial charge < -0.3 is 9.80 Å². The van der Waals surface area contributed by atoms with E-state index in [1.54, 1.807) is 21.7 Å². The van der Waals surface area contributed by atoms with Gasteiger partial charge in [0.2, 0.25) is 11.7 Å². The lowest BCUT2D eigenvalue weighted by atomic mass is 10.2. The summed E-state index contributed by atoms with van der Waals surface area (Å²) in [5.74, 6) is 0.285. The van der Waals surface area contributed by atoms with Crippen LogP contribution in [0, 0.1) is 5.82 Å². The lowest BCUT2D eigenvalue weighted by Gasteiger charge is -2.34. The first-order chi connectivity index (χ1) is 17.1. The van der Waals surface area contributed by atoms with Crippen molar-refractivity contribution in [3.05, 3.63) is 53.4 Å². The summed E-state index contributed by atoms with van der Waals surface area (Å²) >= 11 is 1.50. The molecule has 2 fully saturated rings. The molecule has 35 heavy (non-hydrogen) atoms. The highest BCUT2D eigenvalue weighted by atomic mass is 32.1. The SMILES string of the molecule is O=C(CN1CCN(C(=O)c2nc(-c3cccs3)n(-c3ccc(F)cc3)n2)CC1)N1CCCCCC1. The summed E-state index contributed by atoms with van der Waals surface area (Å²) in [4.78, 5) is 37.3. The molecule has 0 unspecified atom stereocenters. The van der Waals surface area contributed by atoms with Crippen molar-refractivity contribution in [1.82, 2.24) is 29.5 Å². The molecule has 0 aliphatic carbocycles. The van der Waals surface area contributed by atoms with E-state index < -0.39 is 0 Å². The minimum absolute atomic E-state index is 0.117. The van der Waals surface area contributed by atoms with Gasteiger partial charge in [0.05, 0.1) is 17.1 Å². The predicted octanol–water partition coefficient (Wildman–Crippen LogP) is 3.30. The fourth-order valence-corrected chi connectivity index (χ4v) is 5.29. The number of nitrogens with zero attached hydrogens (tertiary/aromatic N) is 6. The fourth-order valence-electron chi connectivity index (χ4n) is 4.59. The van der Waals surface area contributed by atoms with Crippen molar-refractivity contribution in [2.24, 2.45) is 0 Å². The maximum atomic E-state index is 13.5. The largest absolute Gasteiger partial charge is 0.342 e. The Kier molecular flexibility index (Phi) is 7.19. The van der Waals surface area contributed by atoms with Crippen LogP contribution < -0.4 is 0 Å². The number of carbonyl (C=O) groups is 2. The van der Waals surface area contributed by atoms with Crippen LogP contribution in [0.3, 0.4) is 0 Å². The molecule has 8 nitrogen and oxygen atoms in total. The van der Waals surface area contributed by atoms with Crippen LogP contribution in [-0.4, -0.2) is 87.1 Å². The minimum Gasteiger partial charge on any atom is -0.342 e. The van der Waals surface area contributed by atoms with E-state index in [0.29, 0.717) is 44.2 Å². The van der Waals surface area contributed by atoms with E-state index in [-0.39, 0.29) is 23.5 Å². The summed E-state index contributed by atoms with van der Waals surface area (Å²) in [5.41, 5.74) is 0.637. The smallest absolute Gasteiger partial charge is 0.293 e. The normalized spacial score (nSPS) is 17.4. The number of hydrogen-bond acceptors (Lipinski definition) is 6. The second-order valence-corrected chi connectivity index (χ2v) is 9.94. The Balaban J connectivity index is 1.26. The van der Waals surface area contributed by atoms with Gasteiger partial charge in [0.1, 0.15) is 5.82 Å². The maximum Gasteiger partial charge on any atom is 0.293 e. The summed E-state index contributed by atoms with van der Waals surface area (Å²) in [5, 5.41) is 6.44. The molecule has 0 bridgehead atoms. The van der Waals surface area contributed by atoms with Crippen LogP contribution in [0.2, 0.25) is 0 Å². The molecule has 4 heterocycles. The van der Waals surface area contributed by atoms with Crippen LogP contribution in [-0.2, 0) is 4.79 Å². The van der Waals surface area contributed by atoms with E-state index in [4.69, 9.17) is 0 Å². The molecule has 0 spiro atoms. The zero-order valence-electron chi connectivity index (χ0n) is 19.6. The number of amides is 2. The Morgan fingerprint density at radius 3 is 2.26 bits per heavy atom. The number of halogens is 1. The number of thiophene rings is 1. The molecule has 0 N–H and O–H groups in total. The zero-order chi connectivity index (χ0) is 24.2. The number of hydrogen-bond donors (Lipinski definition) is 0. The van der Waals surface area contributed by atoms with Crippen molar-refractivity contribution in [2.45, 2.75) is 25.7 Å². The van der Waals surface area contributed by atoms with Crippen molar-refractivity contribution in [3.8, 4) is 16.4 Å². The van der Waals surface area contributed by atoms with Crippen LogP contribution in [0.15, 0.2) is 41.8 Å². The van der Waals surface area contributed by atoms with Gasteiger partial charge in [-0.1, -0.05) is 18.9 Å². The van der Waals surface area contributed by atoms with Gasteiger partial charge in [-0.25, -0.2) is 14.1 Å². The Labute approximate surface area is 208 Å². The van der Waals surface area contributed by atoms with Gasteiger partial charge in [-0.15, -0.1) is 16.4 Å². The van der Waals surface area contributed by atoms with Gasteiger partial charge in [0.25, 0.3) is 5.91 Å².